The third kappa shape index (κ3) is 3.21. The number of piperidine rings is 1. The second-order valence-corrected chi connectivity index (χ2v) is 6.06. The van der Waals surface area contributed by atoms with E-state index in [1.165, 1.54) is 50.0 Å². The first-order valence-corrected chi connectivity index (χ1v) is 8.34. The minimum Gasteiger partial charge on any atom is -0.371 e. The first-order valence-electron chi connectivity index (χ1n) is 6.84. The lowest BCUT2D eigenvalue weighted by molar-refractivity contribution is 0.378. The number of benzene rings is 1. The van der Waals surface area contributed by atoms with Crippen LogP contribution in [0.2, 0.25) is 5.02 Å². The van der Waals surface area contributed by atoms with E-state index in [0.717, 1.165) is 16.3 Å². The molecule has 0 N–H and O–H groups in total. The highest BCUT2D eigenvalue weighted by Gasteiger charge is 2.20. The summed E-state index contributed by atoms with van der Waals surface area (Å²) in [5.74, 6) is 0.929. The normalized spacial score (nSPS) is 17.2. The van der Waals surface area contributed by atoms with Crippen LogP contribution in [0.5, 0.6) is 0 Å². The first kappa shape index (κ1) is 14.2. The first-order chi connectivity index (χ1) is 8.76. The van der Waals surface area contributed by atoms with Gasteiger partial charge in [0.15, 0.2) is 0 Å². The molecular weight excluding hydrogens is 310 g/mol. The van der Waals surface area contributed by atoms with Crippen molar-refractivity contribution in [3.05, 3.63) is 28.8 Å². The van der Waals surface area contributed by atoms with Gasteiger partial charge in [0.1, 0.15) is 0 Å². The average Bonchev–Trinajstić information content (AvgIpc) is 2.40. The molecule has 3 heteroatoms. The minimum atomic E-state index is 0.830. The van der Waals surface area contributed by atoms with E-state index < -0.39 is 0 Å². The van der Waals surface area contributed by atoms with Crippen LogP contribution in [0.1, 0.15) is 38.2 Å². The van der Waals surface area contributed by atoms with Crippen molar-refractivity contribution in [3.8, 4) is 0 Å². The Balaban J connectivity index is 2.07. The predicted molar refractivity (Wildman–Crippen MR) is 83.9 cm³/mol. The van der Waals surface area contributed by atoms with E-state index >= 15 is 0 Å². The maximum absolute atomic E-state index is 6.27. The molecule has 0 spiro atoms. The number of rotatable bonds is 4. The van der Waals surface area contributed by atoms with Gasteiger partial charge in [0, 0.05) is 34.7 Å². The lowest BCUT2D eigenvalue weighted by atomic mass is 9.92. The summed E-state index contributed by atoms with van der Waals surface area (Å²) in [6.45, 7) is 4.63. The van der Waals surface area contributed by atoms with E-state index in [-0.39, 0.29) is 0 Å². The highest BCUT2D eigenvalue weighted by molar-refractivity contribution is 9.08. The van der Waals surface area contributed by atoms with Gasteiger partial charge in [0.2, 0.25) is 0 Å². The summed E-state index contributed by atoms with van der Waals surface area (Å²) in [4.78, 5) is 2.49. The van der Waals surface area contributed by atoms with E-state index in [9.17, 15) is 0 Å². The van der Waals surface area contributed by atoms with Crippen LogP contribution in [-0.2, 0) is 5.33 Å². The van der Waals surface area contributed by atoms with Crippen LogP contribution in [0.15, 0.2) is 18.2 Å². The molecule has 0 amide bonds. The quantitative estimate of drug-likeness (QED) is 0.681. The Morgan fingerprint density at radius 1 is 1.33 bits per heavy atom. The lowest BCUT2D eigenvalue weighted by Crippen LogP contribution is -2.34. The molecule has 1 fully saturated rings. The summed E-state index contributed by atoms with van der Waals surface area (Å²) < 4.78 is 0. The van der Waals surface area contributed by atoms with Crippen LogP contribution in [0.25, 0.3) is 0 Å². The van der Waals surface area contributed by atoms with Crippen molar-refractivity contribution in [1.29, 1.82) is 0 Å². The highest BCUT2D eigenvalue weighted by Crippen LogP contribution is 2.32. The third-order valence-electron chi connectivity index (χ3n) is 3.88. The topological polar surface area (TPSA) is 3.24 Å². The average molecular weight is 331 g/mol. The zero-order valence-corrected chi connectivity index (χ0v) is 13.3. The molecule has 100 valence electrons. The largest absolute Gasteiger partial charge is 0.371 e. The zero-order chi connectivity index (χ0) is 13.0. The zero-order valence-electron chi connectivity index (χ0n) is 11.0. The fraction of sp³-hybridized carbons (Fsp3) is 0.600. The Bertz CT molecular complexity index is 386. The summed E-state index contributed by atoms with van der Waals surface area (Å²) in [5, 5.41) is 1.71. The molecule has 0 radical (unpaired) electrons. The molecule has 0 aromatic heterocycles. The van der Waals surface area contributed by atoms with Crippen molar-refractivity contribution >= 4 is 33.2 Å². The molecule has 0 saturated carbocycles. The fourth-order valence-electron chi connectivity index (χ4n) is 2.85. The van der Waals surface area contributed by atoms with Crippen molar-refractivity contribution in [1.82, 2.24) is 0 Å². The third-order valence-corrected chi connectivity index (χ3v) is 4.79. The van der Waals surface area contributed by atoms with Gasteiger partial charge in [-0.15, -0.1) is 0 Å². The number of nitrogens with zero attached hydrogens (tertiary/aromatic N) is 1. The van der Waals surface area contributed by atoms with Crippen LogP contribution in [0.3, 0.4) is 0 Å². The molecule has 1 heterocycles. The van der Waals surface area contributed by atoms with Gasteiger partial charge >= 0.3 is 0 Å². The number of halogens is 2. The molecule has 2 rings (SSSR count). The van der Waals surface area contributed by atoms with Crippen LogP contribution in [0.4, 0.5) is 5.69 Å². The highest BCUT2D eigenvalue weighted by atomic mass is 79.9. The molecule has 1 aliphatic heterocycles. The molecule has 1 aliphatic rings. The molecule has 1 saturated heterocycles. The number of hydrogen-bond acceptors (Lipinski definition) is 1. The number of alkyl halides is 1. The Labute approximate surface area is 124 Å². The standard InChI is InChI=1S/C15H21BrClN/c1-2-4-12-7-9-18(10-8-12)15-6-3-5-14(17)13(15)11-16/h3,5-6,12H,2,4,7-11H2,1H3. The molecule has 1 aromatic carbocycles. The van der Waals surface area contributed by atoms with Crippen molar-refractivity contribution in [3.63, 3.8) is 0 Å². The van der Waals surface area contributed by atoms with Gasteiger partial charge in [-0.3, -0.25) is 0 Å². The summed E-state index contributed by atoms with van der Waals surface area (Å²) >= 11 is 9.82. The summed E-state index contributed by atoms with van der Waals surface area (Å²) in [7, 11) is 0. The maximum Gasteiger partial charge on any atom is 0.0467 e. The van der Waals surface area contributed by atoms with Crippen LogP contribution in [-0.4, -0.2) is 13.1 Å². The van der Waals surface area contributed by atoms with Gasteiger partial charge in [-0.05, 0) is 30.9 Å². The van der Waals surface area contributed by atoms with E-state index in [2.05, 4.69) is 39.9 Å². The second-order valence-electron chi connectivity index (χ2n) is 5.09. The Morgan fingerprint density at radius 2 is 2.06 bits per heavy atom. The smallest absolute Gasteiger partial charge is 0.0467 e. The predicted octanol–water partition coefficient (Wildman–Crippen LogP) is 5.25. The van der Waals surface area contributed by atoms with E-state index in [0.29, 0.717) is 0 Å². The second kappa shape index (κ2) is 6.81. The van der Waals surface area contributed by atoms with Gasteiger partial charge in [-0.25, -0.2) is 0 Å². The molecule has 0 unspecified atom stereocenters. The number of hydrogen-bond donors (Lipinski definition) is 0. The molecule has 1 nitrogen and oxygen atoms in total. The summed E-state index contributed by atoms with van der Waals surface area (Å²) in [5.41, 5.74) is 2.54. The maximum atomic E-state index is 6.27. The van der Waals surface area contributed by atoms with Crippen LogP contribution in [0, 0.1) is 5.92 Å². The van der Waals surface area contributed by atoms with Crippen molar-refractivity contribution in [2.45, 2.75) is 37.9 Å². The van der Waals surface area contributed by atoms with Gasteiger partial charge in [0.25, 0.3) is 0 Å². The van der Waals surface area contributed by atoms with Gasteiger partial charge in [0.05, 0.1) is 0 Å². The Kier molecular flexibility index (Phi) is 5.38. The van der Waals surface area contributed by atoms with E-state index in [1.54, 1.807) is 0 Å². The summed E-state index contributed by atoms with van der Waals surface area (Å²) in [6.07, 6.45) is 5.34. The minimum absolute atomic E-state index is 0.830. The molecule has 18 heavy (non-hydrogen) atoms. The van der Waals surface area contributed by atoms with Gasteiger partial charge in [-0.2, -0.15) is 0 Å². The molecule has 1 aromatic rings. The molecule has 0 atom stereocenters. The summed E-state index contributed by atoms with van der Waals surface area (Å²) in [6, 6.07) is 6.23. The Hall–Kier alpha value is -0.210. The van der Waals surface area contributed by atoms with Gasteiger partial charge < -0.3 is 4.90 Å². The van der Waals surface area contributed by atoms with Crippen molar-refractivity contribution < 1.29 is 0 Å². The monoisotopic (exact) mass is 329 g/mol. The fourth-order valence-corrected chi connectivity index (χ4v) is 3.83. The van der Waals surface area contributed by atoms with Crippen LogP contribution >= 0.6 is 27.5 Å². The van der Waals surface area contributed by atoms with Crippen molar-refractivity contribution in [2.24, 2.45) is 5.92 Å². The Morgan fingerprint density at radius 3 is 2.67 bits per heavy atom. The van der Waals surface area contributed by atoms with E-state index in [1.807, 2.05) is 6.07 Å². The van der Waals surface area contributed by atoms with Crippen LogP contribution < -0.4 is 4.90 Å². The SMILES string of the molecule is CCCC1CCN(c2cccc(Cl)c2CBr)CC1. The molecule has 0 bridgehead atoms. The molecular formula is C15H21BrClN. The number of anilines is 1. The molecule has 0 aliphatic carbocycles. The van der Waals surface area contributed by atoms with E-state index in [4.69, 9.17) is 11.6 Å². The van der Waals surface area contributed by atoms with Crippen molar-refractivity contribution in [2.75, 3.05) is 18.0 Å². The van der Waals surface area contributed by atoms with Gasteiger partial charge in [-0.1, -0.05) is 53.4 Å². The lowest BCUT2D eigenvalue weighted by Gasteiger charge is -2.34.